The molecule has 4 heteroatoms. The van der Waals surface area contributed by atoms with E-state index >= 15 is 0 Å². The second kappa shape index (κ2) is 6.87. The maximum absolute atomic E-state index is 13.2. The maximum atomic E-state index is 13.2. The smallest absolute Gasteiger partial charge is 0.123 e. The minimum atomic E-state index is -0.325. The van der Waals surface area contributed by atoms with Crippen LogP contribution in [0.4, 0.5) is 4.39 Å². The standard InChI is InChI=1S/C15H25FN2O/c1-10(2)14(18(4)5)9-17-11(3)13-8-12(16)6-7-15(13)19/h6-8,10-11,14,17,19H,9H2,1-5H3. The summed E-state index contributed by atoms with van der Waals surface area (Å²) in [6.45, 7) is 7.08. The maximum Gasteiger partial charge on any atom is 0.123 e. The van der Waals surface area contributed by atoms with E-state index in [0.29, 0.717) is 17.5 Å². The molecular weight excluding hydrogens is 243 g/mol. The first-order chi connectivity index (χ1) is 8.82. The molecule has 1 aromatic rings. The Bertz CT molecular complexity index is 399. The Labute approximate surface area is 115 Å². The fourth-order valence-corrected chi connectivity index (χ4v) is 2.29. The predicted molar refractivity (Wildman–Crippen MR) is 76.8 cm³/mol. The number of rotatable bonds is 6. The van der Waals surface area contributed by atoms with Crippen LogP contribution in [0.25, 0.3) is 0 Å². The van der Waals surface area contributed by atoms with Crippen molar-refractivity contribution in [2.24, 2.45) is 5.92 Å². The van der Waals surface area contributed by atoms with Crippen LogP contribution in [0.3, 0.4) is 0 Å². The first-order valence-corrected chi connectivity index (χ1v) is 6.71. The van der Waals surface area contributed by atoms with Gasteiger partial charge in [-0.25, -0.2) is 4.39 Å². The molecule has 0 aliphatic heterocycles. The third-order valence-electron chi connectivity index (χ3n) is 3.52. The summed E-state index contributed by atoms with van der Waals surface area (Å²) in [5, 5.41) is 13.1. The Morgan fingerprint density at radius 3 is 2.42 bits per heavy atom. The topological polar surface area (TPSA) is 35.5 Å². The third kappa shape index (κ3) is 4.48. The van der Waals surface area contributed by atoms with Crippen LogP contribution < -0.4 is 5.32 Å². The van der Waals surface area contributed by atoms with Gasteiger partial charge in [-0.2, -0.15) is 0 Å². The van der Waals surface area contributed by atoms with E-state index in [-0.39, 0.29) is 17.6 Å². The zero-order valence-electron chi connectivity index (χ0n) is 12.4. The molecule has 0 bridgehead atoms. The normalized spacial score (nSPS) is 14.9. The molecule has 0 fully saturated rings. The van der Waals surface area contributed by atoms with Crippen LogP contribution in [0.1, 0.15) is 32.4 Å². The van der Waals surface area contributed by atoms with Crippen molar-refractivity contribution in [1.82, 2.24) is 10.2 Å². The van der Waals surface area contributed by atoms with E-state index in [1.165, 1.54) is 18.2 Å². The van der Waals surface area contributed by atoms with Gasteiger partial charge in [-0.1, -0.05) is 13.8 Å². The van der Waals surface area contributed by atoms with Crippen molar-refractivity contribution in [3.05, 3.63) is 29.6 Å². The van der Waals surface area contributed by atoms with Gasteiger partial charge in [0, 0.05) is 24.2 Å². The number of hydrogen-bond donors (Lipinski definition) is 2. The number of phenolic OH excluding ortho intramolecular Hbond substituents is 1. The molecule has 0 aromatic heterocycles. The molecule has 0 amide bonds. The predicted octanol–water partition coefficient (Wildman–Crippen LogP) is 2.77. The highest BCUT2D eigenvalue weighted by molar-refractivity contribution is 5.34. The lowest BCUT2D eigenvalue weighted by molar-refractivity contribution is 0.219. The van der Waals surface area contributed by atoms with E-state index in [0.717, 1.165) is 6.54 Å². The highest BCUT2D eigenvalue weighted by Crippen LogP contribution is 2.24. The summed E-state index contributed by atoms with van der Waals surface area (Å²) in [5.41, 5.74) is 0.598. The summed E-state index contributed by atoms with van der Waals surface area (Å²) in [4.78, 5) is 2.18. The van der Waals surface area contributed by atoms with Gasteiger partial charge in [0.05, 0.1) is 0 Å². The van der Waals surface area contributed by atoms with Crippen LogP contribution in [-0.2, 0) is 0 Å². The number of halogens is 1. The molecule has 0 saturated heterocycles. The molecule has 0 spiro atoms. The van der Waals surface area contributed by atoms with Gasteiger partial charge in [0.1, 0.15) is 11.6 Å². The number of nitrogens with zero attached hydrogens (tertiary/aromatic N) is 1. The molecule has 2 atom stereocenters. The molecule has 108 valence electrons. The molecule has 0 aliphatic rings. The fraction of sp³-hybridized carbons (Fsp3) is 0.600. The number of phenols is 1. The van der Waals surface area contributed by atoms with Crippen LogP contribution in [0, 0.1) is 11.7 Å². The van der Waals surface area contributed by atoms with Gasteiger partial charge >= 0.3 is 0 Å². The molecule has 0 aliphatic carbocycles. The second-order valence-corrected chi connectivity index (χ2v) is 5.61. The highest BCUT2D eigenvalue weighted by atomic mass is 19.1. The summed E-state index contributed by atoms with van der Waals surface area (Å²) in [7, 11) is 4.10. The van der Waals surface area contributed by atoms with Crippen LogP contribution in [0.5, 0.6) is 5.75 Å². The Morgan fingerprint density at radius 2 is 1.89 bits per heavy atom. The van der Waals surface area contributed by atoms with Crippen LogP contribution in [0.2, 0.25) is 0 Å². The van der Waals surface area contributed by atoms with Crippen molar-refractivity contribution >= 4 is 0 Å². The molecule has 1 aromatic carbocycles. The molecular formula is C15H25FN2O. The first-order valence-electron chi connectivity index (χ1n) is 6.71. The van der Waals surface area contributed by atoms with Crippen molar-refractivity contribution in [3.8, 4) is 5.75 Å². The molecule has 0 saturated carbocycles. The number of hydrogen-bond acceptors (Lipinski definition) is 3. The molecule has 3 nitrogen and oxygen atoms in total. The lowest BCUT2D eigenvalue weighted by Gasteiger charge is -2.29. The number of likely N-dealkylation sites (N-methyl/N-ethyl adjacent to an activating group) is 1. The van der Waals surface area contributed by atoms with Gasteiger partial charge < -0.3 is 15.3 Å². The quantitative estimate of drug-likeness (QED) is 0.833. The van der Waals surface area contributed by atoms with Gasteiger partial charge in [-0.05, 0) is 45.1 Å². The Balaban J connectivity index is 2.69. The first kappa shape index (κ1) is 15.9. The average Bonchev–Trinajstić information content (AvgIpc) is 2.31. The summed E-state index contributed by atoms with van der Waals surface area (Å²) < 4.78 is 13.2. The fourth-order valence-electron chi connectivity index (χ4n) is 2.29. The Morgan fingerprint density at radius 1 is 1.26 bits per heavy atom. The largest absolute Gasteiger partial charge is 0.508 e. The van der Waals surface area contributed by atoms with Crippen molar-refractivity contribution in [2.75, 3.05) is 20.6 Å². The van der Waals surface area contributed by atoms with E-state index in [4.69, 9.17) is 0 Å². The zero-order valence-corrected chi connectivity index (χ0v) is 12.4. The van der Waals surface area contributed by atoms with E-state index in [1.54, 1.807) is 0 Å². The average molecular weight is 268 g/mol. The molecule has 2 N–H and O–H groups in total. The molecule has 0 heterocycles. The number of nitrogens with one attached hydrogen (secondary N) is 1. The number of benzene rings is 1. The van der Waals surface area contributed by atoms with Crippen LogP contribution in [0.15, 0.2) is 18.2 Å². The SMILES string of the molecule is CC(NCC(C(C)C)N(C)C)c1cc(F)ccc1O. The number of aromatic hydroxyl groups is 1. The Kier molecular flexibility index (Phi) is 5.76. The third-order valence-corrected chi connectivity index (χ3v) is 3.52. The van der Waals surface area contributed by atoms with E-state index < -0.39 is 0 Å². The van der Waals surface area contributed by atoms with E-state index in [2.05, 4.69) is 38.2 Å². The highest BCUT2D eigenvalue weighted by Gasteiger charge is 2.18. The van der Waals surface area contributed by atoms with Crippen LogP contribution in [-0.4, -0.2) is 36.7 Å². The Hall–Kier alpha value is -1.13. The van der Waals surface area contributed by atoms with Gasteiger partial charge in [0.15, 0.2) is 0 Å². The van der Waals surface area contributed by atoms with Crippen molar-refractivity contribution in [3.63, 3.8) is 0 Å². The summed E-state index contributed by atoms with van der Waals surface area (Å²) in [6.07, 6.45) is 0. The monoisotopic (exact) mass is 268 g/mol. The lowest BCUT2D eigenvalue weighted by Crippen LogP contribution is -2.42. The van der Waals surface area contributed by atoms with Gasteiger partial charge in [0.2, 0.25) is 0 Å². The van der Waals surface area contributed by atoms with Crippen molar-refractivity contribution in [2.45, 2.75) is 32.9 Å². The van der Waals surface area contributed by atoms with Gasteiger partial charge in [-0.3, -0.25) is 0 Å². The molecule has 19 heavy (non-hydrogen) atoms. The molecule has 2 unspecified atom stereocenters. The van der Waals surface area contributed by atoms with Crippen LogP contribution >= 0.6 is 0 Å². The summed E-state index contributed by atoms with van der Waals surface area (Å²) in [6, 6.07) is 4.36. The second-order valence-electron chi connectivity index (χ2n) is 5.61. The minimum Gasteiger partial charge on any atom is -0.508 e. The van der Waals surface area contributed by atoms with E-state index in [1.807, 2.05) is 6.92 Å². The summed E-state index contributed by atoms with van der Waals surface area (Å²) in [5.74, 6) is 0.331. The van der Waals surface area contributed by atoms with Crippen molar-refractivity contribution < 1.29 is 9.50 Å². The van der Waals surface area contributed by atoms with Gasteiger partial charge in [-0.15, -0.1) is 0 Å². The lowest BCUT2D eigenvalue weighted by atomic mass is 10.0. The summed E-state index contributed by atoms with van der Waals surface area (Å²) >= 11 is 0. The van der Waals surface area contributed by atoms with Crippen molar-refractivity contribution in [1.29, 1.82) is 0 Å². The minimum absolute atomic E-state index is 0.0862. The zero-order chi connectivity index (χ0) is 14.6. The molecule has 1 rings (SSSR count). The van der Waals surface area contributed by atoms with E-state index in [9.17, 15) is 9.50 Å². The van der Waals surface area contributed by atoms with Gasteiger partial charge in [0.25, 0.3) is 0 Å². The molecule has 0 radical (unpaired) electrons.